The lowest BCUT2D eigenvalue weighted by Crippen LogP contribution is -1.86. The average Bonchev–Trinajstić information content (AvgIpc) is 2.35. The van der Waals surface area contributed by atoms with Crippen LogP contribution in [0.2, 0.25) is 0 Å². The third kappa shape index (κ3) is 12.0. The Kier molecular flexibility index (Phi) is 12.6. The van der Waals surface area contributed by atoms with Gasteiger partial charge in [-0.3, -0.25) is 0 Å². The minimum Gasteiger partial charge on any atom is -0.0843 e. The van der Waals surface area contributed by atoms with E-state index in [-0.39, 0.29) is 0 Å². The lowest BCUT2D eigenvalue weighted by atomic mass is 10.0. The van der Waals surface area contributed by atoms with Gasteiger partial charge in [-0.15, -0.1) is 0 Å². The van der Waals surface area contributed by atoms with Gasteiger partial charge >= 0.3 is 0 Å². The highest BCUT2D eigenvalue weighted by Gasteiger charge is 1.97. The summed E-state index contributed by atoms with van der Waals surface area (Å²) in [7, 11) is 0. The Morgan fingerprint density at radius 2 is 1.56 bits per heavy atom. The van der Waals surface area contributed by atoms with E-state index in [1.165, 1.54) is 57.8 Å². The highest BCUT2D eigenvalue weighted by atomic mass is 14.0. The van der Waals surface area contributed by atoms with Crippen LogP contribution in [0.5, 0.6) is 0 Å². The van der Waals surface area contributed by atoms with E-state index in [9.17, 15) is 0 Å². The van der Waals surface area contributed by atoms with Gasteiger partial charge in [-0.2, -0.15) is 0 Å². The first-order valence-electron chi connectivity index (χ1n) is 8.05. The highest BCUT2D eigenvalue weighted by molar-refractivity contribution is 5.12. The molecule has 0 heterocycles. The monoisotopic (exact) mass is 250 g/mol. The lowest BCUT2D eigenvalue weighted by molar-refractivity contribution is 0.645. The maximum Gasteiger partial charge on any atom is -0.0317 e. The molecule has 0 saturated heterocycles. The molecule has 0 N–H and O–H groups in total. The van der Waals surface area contributed by atoms with Crippen molar-refractivity contribution in [2.24, 2.45) is 5.92 Å². The van der Waals surface area contributed by atoms with E-state index in [1.54, 1.807) is 5.57 Å². The quantitative estimate of drug-likeness (QED) is 0.283. The minimum absolute atomic E-state index is 0.776. The second-order valence-corrected chi connectivity index (χ2v) is 5.80. The Hall–Kier alpha value is -0.520. The van der Waals surface area contributed by atoms with Gasteiger partial charge in [-0.05, 0) is 38.0 Å². The van der Waals surface area contributed by atoms with Crippen molar-refractivity contribution in [3.05, 3.63) is 23.8 Å². The molecule has 18 heavy (non-hydrogen) atoms. The fourth-order valence-electron chi connectivity index (χ4n) is 2.03. The Morgan fingerprint density at radius 1 is 0.889 bits per heavy atom. The van der Waals surface area contributed by atoms with Crippen molar-refractivity contribution < 1.29 is 0 Å². The van der Waals surface area contributed by atoms with Crippen LogP contribution < -0.4 is 0 Å². The van der Waals surface area contributed by atoms with E-state index in [2.05, 4.69) is 45.9 Å². The summed E-state index contributed by atoms with van der Waals surface area (Å²) < 4.78 is 0. The van der Waals surface area contributed by atoms with Gasteiger partial charge in [0.1, 0.15) is 0 Å². The normalized spacial score (nSPS) is 12.8. The fraction of sp³-hybridized carbons (Fsp3) is 0.778. The predicted octanol–water partition coefficient (Wildman–Crippen LogP) is 6.68. The Morgan fingerprint density at radius 3 is 2.17 bits per heavy atom. The highest BCUT2D eigenvalue weighted by Crippen LogP contribution is 2.16. The first-order valence-corrected chi connectivity index (χ1v) is 8.05. The molecule has 0 spiro atoms. The smallest absolute Gasteiger partial charge is 0.0317 e. The summed E-state index contributed by atoms with van der Waals surface area (Å²) >= 11 is 0. The number of unbranched alkanes of at least 4 members (excludes halogenated alkanes) is 4. The molecule has 0 heteroatoms. The molecule has 0 aliphatic heterocycles. The van der Waals surface area contributed by atoms with Crippen molar-refractivity contribution in [3.63, 3.8) is 0 Å². The van der Waals surface area contributed by atoms with Gasteiger partial charge in [0.15, 0.2) is 0 Å². The molecular weight excluding hydrogens is 216 g/mol. The maximum atomic E-state index is 2.38. The number of allylic oxidation sites excluding steroid dienone is 4. The average molecular weight is 250 g/mol. The summed E-state index contributed by atoms with van der Waals surface area (Å²) in [6.45, 7) is 9.11. The second kappa shape index (κ2) is 12.9. The Bertz CT molecular complexity index is 220. The molecule has 0 aliphatic carbocycles. The van der Waals surface area contributed by atoms with Crippen LogP contribution in [0.15, 0.2) is 23.8 Å². The van der Waals surface area contributed by atoms with E-state index < -0.39 is 0 Å². The number of rotatable bonds is 11. The third-order valence-corrected chi connectivity index (χ3v) is 3.28. The first-order chi connectivity index (χ1) is 8.70. The van der Waals surface area contributed by atoms with Crippen molar-refractivity contribution in [3.8, 4) is 0 Å². The van der Waals surface area contributed by atoms with Crippen LogP contribution in [0.3, 0.4) is 0 Å². The molecule has 0 amide bonds. The summed E-state index contributed by atoms with van der Waals surface area (Å²) in [5, 5.41) is 0. The standard InChI is InChI=1S/C18H34/c1-5-7-9-10-15-18(14-8-6-2)16-12-11-13-17(3)4/h11-12,16-17H,5-10,13-15H2,1-4H3/b12-11+,18-16+. The van der Waals surface area contributed by atoms with Gasteiger partial charge in [0.2, 0.25) is 0 Å². The summed E-state index contributed by atoms with van der Waals surface area (Å²) in [5.74, 6) is 0.776. The maximum absolute atomic E-state index is 2.38. The van der Waals surface area contributed by atoms with Crippen molar-refractivity contribution in [2.75, 3.05) is 0 Å². The topological polar surface area (TPSA) is 0 Å². The molecule has 0 nitrogen and oxygen atoms in total. The van der Waals surface area contributed by atoms with Gasteiger partial charge in [0.25, 0.3) is 0 Å². The predicted molar refractivity (Wildman–Crippen MR) is 85.0 cm³/mol. The van der Waals surface area contributed by atoms with Crippen LogP contribution in [0.4, 0.5) is 0 Å². The van der Waals surface area contributed by atoms with Gasteiger partial charge in [-0.1, -0.05) is 77.2 Å². The van der Waals surface area contributed by atoms with E-state index in [1.807, 2.05) is 0 Å². The van der Waals surface area contributed by atoms with E-state index in [0.29, 0.717) is 0 Å². The zero-order chi connectivity index (χ0) is 13.6. The molecule has 0 fully saturated rings. The molecule has 0 saturated carbocycles. The molecule has 0 rings (SSSR count). The Labute approximate surface area is 116 Å². The third-order valence-electron chi connectivity index (χ3n) is 3.28. The SMILES string of the molecule is CCCCCC/C(=C/C=C/CC(C)C)CCCC. The van der Waals surface area contributed by atoms with E-state index in [0.717, 1.165) is 5.92 Å². The van der Waals surface area contributed by atoms with Crippen LogP contribution >= 0.6 is 0 Å². The van der Waals surface area contributed by atoms with Gasteiger partial charge in [0.05, 0.1) is 0 Å². The van der Waals surface area contributed by atoms with Crippen LogP contribution in [0, 0.1) is 5.92 Å². The van der Waals surface area contributed by atoms with Crippen LogP contribution in [-0.4, -0.2) is 0 Å². The summed E-state index contributed by atoms with van der Waals surface area (Å²) in [6.07, 6.45) is 19.0. The number of hydrogen-bond donors (Lipinski definition) is 0. The summed E-state index contributed by atoms with van der Waals surface area (Å²) in [5.41, 5.74) is 1.66. The van der Waals surface area contributed by atoms with Crippen LogP contribution in [-0.2, 0) is 0 Å². The first kappa shape index (κ1) is 17.5. The molecule has 106 valence electrons. The van der Waals surface area contributed by atoms with Gasteiger partial charge in [-0.25, -0.2) is 0 Å². The Balaban J connectivity index is 4.02. The van der Waals surface area contributed by atoms with Crippen molar-refractivity contribution >= 4 is 0 Å². The zero-order valence-corrected chi connectivity index (χ0v) is 13.2. The molecule has 0 aromatic heterocycles. The molecule has 0 unspecified atom stereocenters. The lowest BCUT2D eigenvalue weighted by Gasteiger charge is -2.06. The summed E-state index contributed by atoms with van der Waals surface area (Å²) in [6, 6.07) is 0. The molecule has 0 aromatic rings. The molecule has 0 atom stereocenters. The van der Waals surface area contributed by atoms with Crippen LogP contribution in [0.1, 0.15) is 85.5 Å². The van der Waals surface area contributed by atoms with Gasteiger partial charge in [0, 0.05) is 0 Å². The van der Waals surface area contributed by atoms with Crippen molar-refractivity contribution in [2.45, 2.75) is 85.5 Å². The van der Waals surface area contributed by atoms with Crippen molar-refractivity contribution in [1.29, 1.82) is 0 Å². The molecule has 0 radical (unpaired) electrons. The number of hydrogen-bond acceptors (Lipinski definition) is 0. The second-order valence-electron chi connectivity index (χ2n) is 5.80. The van der Waals surface area contributed by atoms with E-state index in [4.69, 9.17) is 0 Å². The summed E-state index contributed by atoms with van der Waals surface area (Å²) in [4.78, 5) is 0. The zero-order valence-electron chi connectivity index (χ0n) is 13.2. The minimum atomic E-state index is 0.776. The molecule has 0 bridgehead atoms. The molecule has 0 aliphatic rings. The van der Waals surface area contributed by atoms with Crippen molar-refractivity contribution in [1.82, 2.24) is 0 Å². The largest absolute Gasteiger partial charge is 0.0843 e. The van der Waals surface area contributed by atoms with Crippen LogP contribution in [0.25, 0.3) is 0 Å². The molecular formula is C18H34. The van der Waals surface area contributed by atoms with E-state index >= 15 is 0 Å². The fourth-order valence-corrected chi connectivity index (χ4v) is 2.03. The van der Waals surface area contributed by atoms with Gasteiger partial charge < -0.3 is 0 Å². The molecule has 0 aromatic carbocycles.